The molecule has 7 N–H and O–H groups in total. The molecule has 0 unspecified atom stereocenters. The summed E-state index contributed by atoms with van der Waals surface area (Å²) in [5.41, 5.74) is 13.3. The first-order valence-corrected chi connectivity index (χ1v) is 6.02. The van der Waals surface area contributed by atoms with Crippen molar-refractivity contribution in [1.29, 1.82) is 0 Å². The number of nitrogens with two attached hydrogens (primary N) is 3. The summed E-state index contributed by atoms with van der Waals surface area (Å²) in [6, 6.07) is 6.89. The highest BCUT2D eigenvalue weighted by Crippen LogP contribution is 2.10. The number of rotatable bonds is 5. The van der Waals surface area contributed by atoms with Crippen LogP contribution in [0.15, 0.2) is 36.2 Å². The summed E-state index contributed by atoms with van der Waals surface area (Å²) >= 11 is 0. The Hall–Kier alpha value is -2.21. The highest BCUT2D eigenvalue weighted by molar-refractivity contribution is 5.92. The lowest BCUT2D eigenvalue weighted by Crippen LogP contribution is -2.35. The number of hydrazine groups is 1. The van der Waals surface area contributed by atoms with Crippen LogP contribution in [0.1, 0.15) is 13.8 Å². The van der Waals surface area contributed by atoms with Crippen LogP contribution in [0.4, 0.5) is 11.4 Å². The van der Waals surface area contributed by atoms with Gasteiger partial charge in [0.25, 0.3) is 0 Å². The molecule has 0 aliphatic heterocycles. The Bertz CT molecular complexity index is 453. The number of hydrogen-bond donors (Lipinski definition) is 4. The summed E-state index contributed by atoms with van der Waals surface area (Å²) in [6.07, 6.45) is 1.56. The summed E-state index contributed by atoms with van der Waals surface area (Å²) in [4.78, 5) is 11.7. The van der Waals surface area contributed by atoms with Gasteiger partial charge in [-0.05, 0) is 30.2 Å². The van der Waals surface area contributed by atoms with Crippen LogP contribution < -0.4 is 22.6 Å². The number of allylic oxidation sites excluding steroid dienone is 1. The molecule has 6 nitrogen and oxygen atoms in total. The summed E-state index contributed by atoms with van der Waals surface area (Å²) < 4.78 is 0. The molecule has 1 aromatic carbocycles. The molecule has 0 fully saturated rings. The smallest absolute Gasteiger partial charge is 0.245 e. The van der Waals surface area contributed by atoms with Crippen molar-refractivity contribution in [2.24, 2.45) is 17.5 Å². The highest BCUT2D eigenvalue weighted by Gasteiger charge is 2.06. The van der Waals surface area contributed by atoms with Gasteiger partial charge in [0.2, 0.25) is 5.91 Å². The van der Waals surface area contributed by atoms with Crippen molar-refractivity contribution in [3.63, 3.8) is 0 Å². The Balaban J connectivity index is 2.51. The minimum atomic E-state index is -0.222. The Morgan fingerprint density at radius 2 is 1.95 bits per heavy atom. The van der Waals surface area contributed by atoms with Crippen LogP contribution in [0.25, 0.3) is 0 Å². The molecule has 0 saturated heterocycles. The fourth-order valence-corrected chi connectivity index (χ4v) is 1.32. The number of nitrogens with zero attached hydrogens (tertiary/aromatic N) is 1. The van der Waals surface area contributed by atoms with E-state index >= 15 is 0 Å². The van der Waals surface area contributed by atoms with Gasteiger partial charge >= 0.3 is 0 Å². The third-order valence-corrected chi connectivity index (χ3v) is 2.50. The molecule has 6 heteroatoms. The number of nitrogens with one attached hydrogen (secondary N) is 1. The number of amides is 1. The van der Waals surface area contributed by atoms with Gasteiger partial charge in [-0.15, -0.1) is 0 Å². The fourth-order valence-electron chi connectivity index (χ4n) is 1.32. The minimum absolute atomic E-state index is 0.0256. The molecule has 0 atom stereocenters. The van der Waals surface area contributed by atoms with Crippen LogP contribution in [0, 0.1) is 5.92 Å². The van der Waals surface area contributed by atoms with Gasteiger partial charge in [0.15, 0.2) is 0 Å². The Morgan fingerprint density at radius 1 is 1.37 bits per heavy atom. The quantitative estimate of drug-likeness (QED) is 0.357. The number of benzene rings is 1. The number of anilines is 2. The monoisotopic (exact) mass is 263 g/mol. The lowest BCUT2D eigenvalue weighted by molar-refractivity contribution is -0.116. The largest absolute Gasteiger partial charge is 0.401 e. The van der Waals surface area contributed by atoms with Crippen molar-refractivity contribution < 1.29 is 4.79 Å². The highest BCUT2D eigenvalue weighted by atomic mass is 16.2. The van der Waals surface area contributed by atoms with E-state index in [1.54, 1.807) is 30.5 Å². The van der Waals surface area contributed by atoms with Gasteiger partial charge in [0, 0.05) is 23.3 Å². The van der Waals surface area contributed by atoms with E-state index in [1.807, 2.05) is 13.8 Å². The second-order valence-corrected chi connectivity index (χ2v) is 4.63. The van der Waals surface area contributed by atoms with Crippen molar-refractivity contribution in [3.05, 3.63) is 36.2 Å². The zero-order valence-corrected chi connectivity index (χ0v) is 11.3. The van der Waals surface area contributed by atoms with Gasteiger partial charge in [-0.1, -0.05) is 13.8 Å². The second kappa shape index (κ2) is 6.65. The van der Waals surface area contributed by atoms with Crippen LogP contribution in [0.2, 0.25) is 0 Å². The molecule has 1 aromatic rings. The van der Waals surface area contributed by atoms with Crippen molar-refractivity contribution in [2.75, 3.05) is 17.6 Å². The molecular weight excluding hydrogens is 242 g/mol. The summed E-state index contributed by atoms with van der Waals surface area (Å²) in [5.74, 6) is 5.65. The van der Waals surface area contributed by atoms with E-state index in [0.717, 1.165) is 0 Å². The van der Waals surface area contributed by atoms with Gasteiger partial charge in [-0.25, -0.2) is 5.84 Å². The molecule has 0 aliphatic carbocycles. The van der Waals surface area contributed by atoms with Crippen molar-refractivity contribution in [1.82, 2.24) is 5.01 Å². The van der Waals surface area contributed by atoms with Gasteiger partial charge in [-0.3, -0.25) is 4.79 Å². The lowest BCUT2D eigenvalue weighted by atomic mass is 10.1. The molecule has 19 heavy (non-hydrogen) atoms. The molecule has 0 spiro atoms. The van der Waals surface area contributed by atoms with Crippen molar-refractivity contribution >= 4 is 17.3 Å². The molecule has 1 amide bonds. The summed E-state index contributed by atoms with van der Waals surface area (Å²) in [7, 11) is 0. The third kappa shape index (κ3) is 5.31. The zero-order valence-electron chi connectivity index (χ0n) is 11.3. The van der Waals surface area contributed by atoms with Gasteiger partial charge in [0.05, 0.1) is 0 Å². The number of hydrogen-bond acceptors (Lipinski definition) is 5. The van der Waals surface area contributed by atoms with Crippen LogP contribution in [0.5, 0.6) is 0 Å². The maximum absolute atomic E-state index is 11.7. The molecule has 1 rings (SSSR count). The van der Waals surface area contributed by atoms with Gasteiger partial charge in [0.1, 0.15) is 6.54 Å². The van der Waals surface area contributed by atoms with Crippen LogP contribution in [0.3, 0.4) is 0 Å². The van der Waals surface area contributed by atoms with Crippen LogP contribution in [-0.2, 0) is 4.79 Å². The Morgan fingerprint density at radius 3 is 2.47 bits per heavy atom. The number of carbonyl (C=O) groups is 1. The molecular formula is C13H21N5O. The molecule has 0 bridgehead atoms. The average molecular weight is 263 g/mol. The minimum Gasteiger partial charge on any atom is -0.401 e. The van der Waals surface area contributed by atoms with Crippen molar-refractivity contribution in [3.8, 4) is 0 Å². The molecule has 0 saturated carbocycles. The van der Waals surface area contributed by atoms with Gasteiger partial charge in [-0.2, -0.15) is 0 Å². The zero-order chi connectivity index (χ0) is 14.4. The second-order valence-electron chi connectivity index (χ2n) is 4.63. The van der Waals surface area contributed by atoms with E-state index in [0.29, 0.717) is 17.1 Å². The topological polar surface area (TPSA) is 110 Å². The van der Waals surface area contributed by atoms with E-state index < -0.39 is 0 Å². The summed E-state index contributed by atoms with van der Waals surface area (Å²) in [5, 5.41) is 3.98. The SMILES string of the molecule is CC(C)/C(N)=C/N(N)CC(=O)Nc1ccc(N)cc1. The number of nitrogen functional groups attached to an aromatic ring is 1. The third-order valence-electron chi connectivity index (χ3n) is 2.50. The average Bonchev–Trinajstić information content (AvgIpc) is 2.31. The first-order valence-electron chi connectivity index (χ1n) is 6.02. The normalized spacial score (nSPS) is 11.5. The van der Waals surface area contributed by atoms with E-state index in [4.69, 9.17) is 17.3 Å². The van der Waals surface area contributed by atoms with E-state index in [9.17, 15) is 4.79 Å². The maximum atomic E-state index is 11.7. The predicted molar refractivity (Wildman–Crippen MR) is 77.5 cm³/mol. The molecule has 104 valence electrons. The lowest BCUT2D eigenvalue weighted by Gasteiger charge is -2.16. The fraction of sp³-hybridized carbons (Fsp3) is 0.308. The van der Waals surface area contributed by atoms with Crippen LogP contribution >= 0.6 is 0 Å². The molecule has 0 heterocycles. The van der Waals surface area contributed by atoms with E-state index in [1.165, 1.54) is 5.01 Å². The van der Waals surface area contributed by atoms with Crippen molar-refractivity contribution in [2.45, 2.75) is 13.8 Å². The first-order chi connectivity index (χ1) is 8.88. The van der Waals surface area contributed by atoms with E-state index in [-0.39, 0.29) is 18.4 Å². The Labute approximate surface area is 113 Å². The maximum Gasteiger partial charge on any atom is 0.245 e. The standard InChI is InChI=1S/C13H21N5O/c1-9(2)12(15)7-18(16)8-13(19)17-11-5-3-10(14)4-6-11/h3-7,9H,8,14-16H2,1-2H3,(H,17,19)/b12-7-. The molecule has 0 aliphatic rings. The molecule has 0 aromatic heterocycles. The molecule has 0 radical (unpaired) electrons. The number of carbonyl (C=O) groups excluding carboxylic acids is 1. The summed E-state index contributed by atoms with van der Waals surface area (Å²) in [6.45, 7) is 3.93. The van der Waals surface area contributed by atoms with Crippen LogP contribution in [-0.4, -0.2) is 17.5 Å². The van der Waals surface area contributed by atoms with E-state index in [2.05, 4.69) is 5.32 Å². The first kappa shape index (κ1) is 14.8. The van der Waals surface area contributed by atoms with Gasteiger partial charge < -0.3 is 21.8 Å². The predicted octanol–water partition coefficient (Wildman–Crippen LogP) is 0.839. The Kier molecular flexibility index (Phi) is 5.20.